The van der Waals surface area contributed by atoms with Crippen LogP contribution in [0, 0.1) is 4.77 Å². The van der Waals surface area contributed by atoms with Crippen molar-refractivity contribution in [3.05, 3.63) is 40.4 Å². The first-order chi connectivity index (χ1) is 11.0. The number of aryl methyl sites for hydroxylation is 1. The summed E-state index contributed by atoms with van der Waals surface area (Å²) < 4.78 is 8.55. The third-order valence-corrected chi connectivity index (χ3v) is 4.80. The zero-order valence-corrected chi connectivity index (χ0v) is 15.4. The first kappa shape index (κ1) is 17.7. The van der Waals surface area contributed by atoms with Crippen molar-refractivity contribution < 1.29 is 4.74 Å². The van der Waals surface area contributed by atoms with E-state index in [1.165, 1.54) is 5.56 Å². The summed E-state index contributed by atoms with van der Waals surface area (Å²) in [4.78, 5) is 0. The van der Waals surface area contributed by atoms with Gasteiger partial charge in [0.15, 0.2) is 4.77 Å². The van der Waals surface area contributed by atoms with Crippen molar-refractivity contribution in [2.45, 2.75) is 58.9 Å². The molecule has 0 unspecified atom stereocenters. The van der Waals surface area contributed by atoms with E-state index in [2.05, 4.69) is 62.2 Å². The van der Waals surface area contributed by atoms with E-state index in [0.29, 0.717) is 11.4 Å². The third kappa shape index (κ3) is 4.44. The van der Waals surface area contributed by atoms with Crippen molar-refractivity contribution in [1.29, 1.82) is 0 Å². The quantitative estimate of drug-likeness (QED) is 0.564. The number of rotatable bonds is 8. The molecule has 2 rings (SSSR count). The molecule has 0 fully saturated rings. The van der Waals surface area contributed by atoms with Gasteiger partial charge in [-0.15, -0.1) is 0 Å². The maximum Gasteiger partial charge on any atom is 0.195 e. The van der Waals surface area contributed by atoms with E-state index >= 15 is 0 Å². The number of nitrogens with one attached hydrogen (secondary N) is 1. The summed E-state index contributed by atoms with van der Waals surface area (Å²) in [6, 6.07) is 8.46. The standard InChI is InChI=1S/C18H27N3OS/c1-5-18(3,4)14-9-11-15(12-10-14)22-13-7-8-16-19-20-17(23)21(16)6-2/h9-12H,5-8,13H2,1-4H3,(H,20,23). The number of ether oxygens (including phenoxy) is 1. The molecule has 2 aromatic rings. The minimum Gasteiger partial charge on any atom is -0.494 e. The van der Waals surface area contributed by atoms with Crippen LogP contribution in [0.2, 0.25) is 0 Å². The van der Waals surface area contributed by atoms with Gasteiger partial charge in [0.1, 0.15) is 11.6 Å². The molecule has 0 amide bonds. The van der Waals surface area contributed by atoms with Gasteiger partial charge in [-0.2, -0.15) is 5.10 Å². The Balaban J connectivity index is 1.84. The minimum atomic E-state index is 0.216. The van der Waals surface area contributed by atoms with Crippen LogP contribution in [-0.4, -0.2) is 21.4 Å². The van der Waals surface area contributed by atoms with Crippen LogP contribution < -0.4 is 4.74 Å². The number of aromatic nitrogens is 3. The van der Waals surface area contributed by atoms with Crippen LogP contribution in [0.4, 0.5) is 0 Å². The second kappa shape index (κ2) is 7.77. The highest BCUT2D eigenvalue weighted by Gasteiger charge is 2.17. The average Bonchev–Trinajstić information content (AvgIpc) is 2.92. The number of hydrogen-bond acceptors (Lipinski definition) is 3. The monoisotopic (exact) mass is 333 g/mol. The number of benzene rings is 1. The number of H-pyrrole nitrogens is 1. The molecule has 0 saturated carbocycles. The second-order valence-electron chi connectivity index (χ2n) is 6.40. The summed E-state index contributed by atoms with van der Waals surface area (Å²) in [5.74, 6) is 1.93. The van der Waals surface area contributed by atoms with Gasteiger partial charge >= 0.3 is 0 Å². The van der Waals surface area contributed by atoms with Crippen LogP contribution in [0.25, 0.3) is 0 Å². The van der Waals surface area contributed by atoms with Crippen molar-refractivity contribution >= 4 is 12.2 Å². The fourth-order valence-corrected chi connectivity index (χ4v) is 2.77. The summed E-state index contributed by atoms with van der Waals surface area (Å²) in [6.45, 7) is 10.4. The largest absolute Gasteiger partial charge is 0.494 e. The van der Waals surface area contributed by atoms with Crippen LogP contribution >= 0.6 is 12.2 Å². The van der Waals surface area contributed by atoms with Gasteiger partial charge in [-0.25, -0.2) is 0 Å². The molecule has 5 heteroatoms. The van der Waals surface area contributed by atoms with Gasteiger partial charge in [-0.1, -0.05) is 32.9 Å². The lowest BCUT2D eigenvalue weighted by atomic mass is 9.82. The van der Waals surface area contributed by atoms with Gasteiger partial charge in [0.2, 0.25) is 0 Å². The second-order valence-corrected chi connectivity index (χ2v) is 6.79. The summed E-state index contributed by atoms with van der Waals surface area (Å²) in [6.07, 6.45) is 2.91. The number of nitrogens with zero attached hydrogens (tertiary/aromatic N) is 2. The summed E-state index contributed by atoms with van der Waals surface area (Å²) in [5.41, 5.74) is 1.57. The molecule has 4 nitrogen and oxygen atoms in total. The number of aromatic amines is 1. The highest BCUT2D eigenvalue weighted by molar-refractivity contribution is 7.71. The Morgan fingerprint density at radius 1 is 1.22 bits per heavy atom. The Hall–Kier alpha value is -1.62. The van der Waals surface area contributed by atoms with Crippen molar-refractivity contribution in [3.8, 4) is 5.75 Å². The fraction of sp³-hybridized carbons (Fsp3) is 0.556. The molecule has 0 spiro atoms. The first-order valence-electron chi connectivity index (χ1n) is 8.35. The molecule has 1 aromatic heterocycles. The normalized spacial score (nSPS) is 11.7. The predicted molar refractivity (Wildman–Crippen MR) is 96.7 cm³/mol. The summed E-state index contributed by atoms with van der Waals surface area (Å²) >= 11 is 5.19. The Bertz CT molecular complexity index is 670. The first-order valence-corrected chi connectivity index (χ1v) is 8.76. The molecular weight excluding hydrogens is 306 g/mol. The maximum absolute atomic E-state index is 5.84. The average molecular weight is 334 g/mol. The van der Waals surface area contributed by atoms with Gasteiger partial charge in [-0.3, -0.25) is 5.10 Å². The molecule has 126 valence electrons. The number of hydrogen-bond donors (Lipinski definition) is 1. The van der Waals surface area contributed by atoms with Crippen LogP contribution in [0.3, 0.4) is 0 Å². The molecule has 0 atom stereocenters. The topological polar surface area (TPSA) is 42.8 Å². The molecular formula is C18H27N3OS. The van der Waals surface area contributed by atoms with E-state index < -0.39 is 0 Å². The molecule has 0 bridgehead atoms. The molecule has 23 heavy (non-hydrogen) atoms. The van der Waals surface area contributed by atoms with E-state index in [1.54, 1.807) is 0 Å². The highest BCUT2D eigenvalue weighted by Crippen LogP contribution is 2.28. The minimum absolute atomic E-state index is 0.216. The van der Waals surface area contributed by atoms with Crippen molar-refractivity contribution in [2.24, 2.45) is 0 Å². The van der Waals surface area contributed by atoms with E-state index in [9.17, 15) is 0 Å². The Morgan fingerprint density at radius 3 is 2.52 bits per heavy atom. The third-order valence-electron chi connectivity index (χ3n) is 4.49. The zero-order valence-electron chi connectivity index (χ0n) is 14.6. The van der Waals surface area contributed by atoms with Crippen molar-refractivity contribution in [3.63, 3.8) is 0 Å². The maximum atomic E-state index is 5.84. The van der Waals surface area contributed by atoms with Crippen LogP contribution in [0.15, 0.2) is 24.3 Å². The van der Waals surface area contributed by atoms with Gasteiger partial charge in [-0.05, 0) is 55.1 Å². The SMILES string of the molecule is CCn1c(CCCOc2ccc(C(C)(C)CC)cc2)n[nH]c1=S. The molecule has 0 aliphatic heterocycles. The lowest BCUT2D eigenvalue weighted by molar-refractivity contribution is 0.309. The fourth-order valence-electron chi connectivity index (χ4n) is 2.49. The van der Waals surface area contributed by atoms with Crippen LogP contribution in [-0.2, 0) is 18.4 Å². The Morgan fingerprint density at radius 2 is 1.91 bits per heavy atom. The van der Waals surface area contributed by atoms with Crippen molar-refractivity contribution in [1.82, 2.24) is 14.8 Å². The molecule has 0 aliphatic carbocycles. The van der Waals surface area contributed by atoms with Gasteiger partial charge < -0.3 is 9.30 Å². The van der Waals surface area contributed by atoms with E-state index in [4.69, 9.17) is 17.0 Å². The van der Waals surface area contributed by atoms with Crippen LogP contribution in [0.5, 0.6) is 5.75 Å². The van der Waals surface area contributed by atoms with Crippen molar-refractivity contribution in [2.75, 3.05) is 6.61 Å². The molecule has 1 N–H and O–H groups in total. The molecule has 0 saturated heterocycles. The Labute approximate surface area is 143 Å². The van der Waals surface area contributed by atoms with E-state index in [-0.39, 0.29) is 5.41 Å². The van der Waals surface area contributed by atoms with Gasteiger partial charge in [0.25, 0.3) is 0 Å². The smallest absolute Gasteiger partial charge is 0.195 e. The Kier molecular flexibility index (Phi) is 5.99. The highest BCUT2D eigenvalue weighted by atomic mass is 32.1. The van der Waals surface area contributed by atoms with Crippen LogP contribution in [0.1, 0.15) is 51.9 Å². The molecule has 1 aromatic carbocycles. The van der Waals surface area contributed by atoms with E-state index in [1.807, 2.05) is 4.57 Å². The lowest BCUT2D eigenvalue weighted by Gasteiger charge is -2.23. The summed E-state index contributed by atoms with van der Waals surface area (Å²) in [5, 5.41) is 7.12. The molecule has 0 aliphatic rings. The zero-order chi connectivity index (χ0) is 16.9. The molecule has 1 heterocycles. The van der Waals surface area contributed by atoms with Gasteiger partial charge in [0.05, 0.1) is 6.61 Å². The molecule has 0 radical (unpaired) electrons. The van der Waals surface area contributed by atoms with Gasteiger partial charge in [0, 0.05) is 13.0 Å². The lowest BCUT2D eigenvalue weighted by Crippen LogP contribution is -2.15. The summed E-state index contributed by atoms with van der Waals surface area (Å²) in [7, 11) is 0. The predicted octanol–water partition coefficient (Wildman–Crippen LogP) is 4.66. The van der Waals surface area contributed by atoms with E-state index in [0.717, 1.165) is 37.4 Å².